The number of ether oxygens (including phenoxy) is 1. The van der Waals surface area contributed by atoms with E-state index in [-0.39, 0.29) is 24.0 Å². The number of aliphatic imine (C=N–C) groups is 1. The van der Waals surface area contributed by atoms with Gasteiger partial charge in [-0.15, -0.1) is 24.0 Å². The van der Waals surface area contributed by atoms with Crippen LogP contribution in [0.3, 0.4) is 0 Å². The first-order valence-corrected chi connectivity index (χ1v) is 6.59. The zero-order valence-electron chi connectivity index (χ0n) is 12.8. The van der Waals surface area contributed by atoms with E-state index in [1.54, 1.807) is 7.11 Å². The number of aromatic nitrogens is 2. The Balaban J connectivity index is 0.00000242. The van der Waals surface area contributed by atoms with Gasteiger partial charge in [0.1, 0.15) is 11.6 Å². The van der Waals surface area contributed by atoms with Crippen molar-refractivity contribution in [2.75, 3.05) is 12.4 Å². The predicted molar refractivity (Wildman–Crippen MR) is 98.9 cm³/mol. The second-order valence-electron chi connectivity index (χ2n) is 4.61. The molecule has 22 heavy (non-hydrogen) atoms. The van der Waals surface area contributed by atoms with Crippen LogP contribution in [0.2, 0.25) is 0 Å². The number of nitrogens with one attached hydrogen (secondary N) is 1. The average molecular weight is 413 g/mol. The summed E-state index contributed by atoms with van der Waals surface area (Å²) in [6.45, 7) is 4.20. The van der Waals surface area contributed by atoms with Crippen molar-refractivity contribution in [1.82, 2.24) is 9.97 Å². The van der Waals surface area contributed by atoms with E-state index in [0.717, 1.165) is 28.6 Å². The molecular formula is C15H20IN5O. The zero-order valence-corrected chi connectivity index (χ0v) is 15.2. The Morgan fingerprint density at radius 2 is 2.05 bits per heavy atom. The smallest absolute Gasteiger partial charge is 0.193 e. The molecule has 2 rings (SSSR count). The van der Waals surface area contributed by atoms with Gasteiger partial charge in [0.25, 0.3) is 0 Å². The molecule has 0 aliphatic carbocycles. The highest BCUT2D eigenvalue weighted by Gasteiger charge is 2.00. The maximum Gasteiger partial charge on any atom is 0.193 e. The summed E-state index contributed by atoms with van der Waals surface area (Å²) >= 11 is 0. The second-order valence-corrected chi connectivity index (χ2v) is 4.61. The third-order valence-corrected chi connectivity index (χ3v) is 2.77. The lowest BCUT2D eigenvalue weighted by molar-refractivity contribution is 0.415. The Bertz CT molecular complexity index is 640. The number of methoxy groups -OCH3 is 1. The first kappa shape index (κ1) is 18.1. The molecule has 3 N–H and O–H groups in total. The Labute approximate surface area is 147 Å². The van der Waals surface area contributed by atoms with E-state index >= 15 is 0 Å². The minimum Gasteiger partial charge on any atom is -0.497 e. The van der Waals surface area contributed by atoms with Crippen LogP contribution >= 0.6 is 24.0 Å². The van der Waals surface area contributed by atoms with Crippen LogP contribution in [0.5, 0.6) is 5.75 Å². The molecule has 0 atom stereocenters. The Kier molecular flexibility index (Phi) is 7.03. The topological polar surface area (TPSA) is 85.4 Å². The third-order valence-electron chi connectivity index (χ3n) is 2.77. The molecule has 0 spiro atoms. The Morgan fingerprint density at radius 1 is 1.27 bits per heavy atom. The molecular weight excluding hydrogens is 393 g/mol. The highest BCUT2D eigenvalue weighted by molar-refractivity contribution is 14.0. The van der Waals surface area contributed by atoms with Crippen LogP contribution in [0.15, 0.2) is 35.3 Å². The van der Waals surface area contributed by atoms with Gasteiger partial charge < -0.3 is 15.8 Å². The van der Waals surface area contributed by atoms with E-state index in [1.807, 2.05) is 44.2 Å². The minimum atomic E-state index is 0. The number of hydrogen-bond acceptors (Lipinski definition) is 4. The van der Waals surface area contributed by atoms with Gasteiger partial charge in [-0.3, -0.25) is 0 Å². The summed E-state index contributed by atoms with van der Waals surface area (Å²) in [6.07, 6.45) is 0. The highest BCUT2D eigenvalue weighted by atomic mass is 127. The van der Waals surface area contributed by atoms with Crippen molar-refractivity contribution in [2.45, 2.75) is 20.4 Å². The molecule has 0 aliphatic rings. The van der Waals surface area contributed by atoms with E-state index in [0.29, 0.717) is 12.5 Å². The molecule has 0 saturated heterocycles. The number of aryl methyl sites for hydroxylation is 2. The molecule has 0 radical (unpaired) electrons. The molecule has 0 fully saturated rings. The summed E-state index contributed by atoms with van der Waals surface area (Å²) in [5.41, 5.74) is 8.47. The number of guanidine groups is 1. The third kappa shape index (κ3) is 5.47. The van der Waals surface area contributed by atoms with Crippen LogP contribution in [-0.2, 0) is 6.54 Å². The van der Waals surface area contributed by atoms with Gasteiger partial charge in [-0.2, -0.15) is 0 Å². The Hall–Kier alpha value is -1.90. The monoisotopic (exact) mass is 413 g/mol. The molecule has 118 valence electrons. The molecule has 1 aromatic heterocycles. The molecule has 1 aromatic carbocycles. The quantitative estimate of drug-likeness (QED) is 0.458. The SMILES string of the molecule is COc1cccc(NC(N)=NCc2cc(C)nc(C)n2)c1.I. The minimum absolute atomic E-state index is 0. The van der Waals surface area contributed by atoms with Crippen molar-refractivity contribution in [3.63, 3.8) is 0 Å². The number of nitrogens with zero attached hydrogens (tertiary/aromatic N) is 3. The molecule has 0 aliphatic heterocycles. The van der Waals surface area contributed by atoms with Crippen molar-refractivity contribution in [1.29, 1.82) is 0 Å². The molecule has 0 saturated carbocycles. The standard InChI is InChI=1S/C15H19N5O.HI/c1-10-7-13(19-11(2)18-10)9-17-15(16)20-12-5-4-6-14(8-12)21-3;/h4-8H,9H2,1-3H3,(H3,16,17,20);1H. The van der Waals surface area contributed by atoms with Crippen molar-refractivity contribution in [3.8, 4) is 5.75 Å². The van der Waals surface area contributed by atoms with Crippen molar-refractivity contribution >= 4 is 35.6 Å². The number of nitrogens with two attached hydrogens (primary N) is 1. The molecule has 0 unspecified atom stereocenters. The maximum absolute atomic E-state index is 5.88. The fraction of sp³-hybridized carbons (Fsp3) is 0.267. The number of hydrogen-bond donors (Lipinski definition) is 2. The summed E-state index contributed by atoms with van der Waals surface area (Å²) in [6, 6.07) is 9.39. The maximum atomic E-state index is 5.88. The lowest BCUT2D eigenvalue weighted by atomic mass is 10.3. The van der Waals surface area contributed by atoms with Gasteiger partial charge in [-0.1, -0.05) is 6.07 Å². The lowest BCUT2D eigenvalue weighted by Gasteiger charge is -2.07. The summed E-state index contributed by atoms with van der Waals surface area (Å²) < 4.78 is 5.15. The van der Waals surface area contributed by atoms with Crippen LogP contribution in [0.25, 0.3) is 0 Å². The predicted octanol–water partition coefficient (Wildman–Crippen LogP) is 2.65. The second kappa shape index (κ2) is 8.52. The first-order valence-electron chi connectivity index (χ1n) is 6.59. The van der Waals surface area contributed by atoms with E-state index in [1.165, 1.54) is 0 Å². The molecule has 6 nitrogen and oxygen atoms in total. The van der Waals surface area contributed by atoms with Gasteiger partial charge in [-0.05, 0) is 32.0 Å². The number of halogens is 1. The van der Waals surface area contributed by atoms with Crippen molar-refractivity contribution in [2.24, 2.45) is 10.7 Å². The van der Waals surface area contributed by atoms with Gasteiger partial charge in [0.15, 0.2) is 5.96 Å². The molecule has 7 heteroatoms. The van der Waals surface area contributed by atoms with Crippen LogP contribution in [0.1, 0.15) is 17.2 Å². The van der Waals surface area contributed by atoms with E-state index in [4.69, 9.17) is 10.5 Å². The van der Waals surface area contributed by atoms with Gasteiger partial charge in [0.05, 0.1) is 19.3 Å². The average Bonchev–Trinajstić information content (AvgIpc) is 2.44. The zero-order chi connectivity index (χ0) is 15.2. The van der Waals surface area contributed by atoms with Gasteiger partial charge >= 0.3 is 0 Å². The number of benzene rings is 1. The summed E-state index contributed by atoms with van der Waals surface area (Å²) in [7, 11) is 1.62. The normalized spacial score (nSPS) is 10.8. The van der Waals surface area contributed by atoms with E-state index < -0.39 is 0 Å². The largest absolute Gasteiger partial charge is 0.497 e. The fourth-order valence-electron chi connectivity index (χ4n) is 1.93. The number of rotatable bonds is 4. The van der Waals surface area contributed by atoms with Crippen LogP contribution in [-0.4, -0.2) is 23.0 Å². The van der Waals surface area contributed by atoms with Crippen LogP contribution in [0.4, 0.5) is 5.69 Å². The van der Waals surface area contributed by atoms with Crippen molar-refractivity contribution in [3.05, 3.63) is 47.5 Å². The van der Waals surface area contributed by atoms with Crippen LogP contribution < -0.4 is 15.8 Å². The van der Waals surface area contributed by atoms with Gasteiger partial charge in [0, 0.05) is 17.4 Å². The Morgan fingerprint density at radius 3 is 2.73 bits per heavy atom. The highest BCUT2D eigenvalue weighted by Crippen LogP contribution is 2.16. The molecule has 1 heterocycles. The van der Waals surface area contributed by atoms with Gasteiger partial charge in [0.2, 0.25) is 0 Å². The summed E-state index contributed by atoms with van der Waals surface area (Å²) in [5.74, 6) is 1.83. The van der Waals surface area contributed by atoms with Gasteiger partial charge in [-0.25, -0.2) is 15.0 Å². The molecule has 0 amide bonds. The lowest BCUT2D eigenvalue weighted by Crippen LogP contribution is -2.22. The van der Waals surface area contributed by atoms with E-state index in [2.05, 4.69) is 20.3 Å². The molecule has 2 aromatic rings. The number of anilines is 1. The summed E-state index contributed by atoms with van der Waals surface area (Å²) in [5, 5.41) is 3.02. The summed E-state index contributed by atoms with van der Waals surface area (Å²) in [4.78, 5) is 12.8. The van der Waals surface area contributed by atoms with Crippen molar-refractivity contribution < 1.29 is 4.74 Å². The fourth-order valence-corrected chi connectivity index (χ4v) is 1.93. The first-order chi connectivity index (χ1) is 10.1. The van der Waals surface area contributed by atoms with Crippen LogP contribution in [0, 0.1) is 13.8 Å². The van der Waals surface area contributed by atoms with E-state index in [9.17, 15) is 0 Å². The molecule has 0 bridgehead atoms.